The first-order valence-electron chi connectivity index (χ1n) is 15.1. The van der Waals surface area contributed by atoms with E-state index < -0.39 is 43.4 Å². The van der Waals surface area contributed by atoms with E-state index in [1.54, 1.807) is 0 Å². The first-order valence-corrected chi connectivity index (χ1v) is 15.1. The van der Waals surface area contributed by atoms with Crippen molar-refractivity contribution in [3.63, 3.8) is 0 Å². The summed E-state index contributed by atoms with van der Waals surface area (Å²) in [5.74, 6) is -0.332. The lowest BCUT2D eigenvalue weighted by molar-refractivity contribution is -0.305. The summed E-state index contributed by atoms with van der Waals surface area (Å²) in [6.07, 6.45) is 10.4. The summed E-state index contributed by atoms with van der Waals surface area (Å²) in [4.78, 5) is 12.3. The fourth-order valence-corrected chi connectivity index (χ4v) is 4.55. The quantitative estimate of drug-likeness (QED) is 0.104. The van der Waals surface area contributed by atoms with Gasteiger partial charge in [-0.1, -0.05) is 97.3 Å². The number of aliphatic hydroxyl groups is 4. The van der Waals surface area contributed by atoms with E-state index in [2.05, 4.69) is 13.8 Å². The Morgan fingerprint density at radius 3 is 1.87 bits per heavy atom. The number of carbonyl (C=O) groups is 1. The molecule has 9 nitrogen and oxygen atoms in total. The average molecular weight is 549 g/mol. The van der Waals surface area contributed by atoms with Crippen LogP contribution in [-0.4, -0.2) is 89.6 Å². The maximum absolute atomic E-state index is 12.3. The molecule has 1 aliphatic rings. The molecule has 6 atom stereocenters. The minimum atomic E-state index is -1.53. The van der Waals surface area contributed by atoms with E-state index in [1.807, 2.05) is 0 Å². The molecule has 0 aromatic carbocycles. The Morgan fingerprint density at radius 1 is 0.737 bits per heavy atom. The van der Waals surface area contributed by atoms with Crippen molar-refractivity contribution < 1.29 is 44.2 Å². The van der Waals surface area contributed by atoms with Gasteiger partial charge >= 0.3 is 5.97 Å². The molecule has 38 heavy (non-hydrogen) atoms. The van der Waals surface area contributed by atoms with Gasteiger partial charge in [-0.05, 0) is 12.8 Å². The molecule has 0 aromatic heterocycles. The lowest BCUT2D eigenvalue weighted by atomic mass is 9.99. The predicted molar refractivity (Wildman–Crippen MR) is 146 cm³/mol. The van der Waals surface area contributed by atoms with Crippen LogP contribution in [0.3, 0.4) is 0 Å². The van der Waals surface area contributed by atoms with Gasteiger partial charge in [-0.2, -0.15) is 0 Å². The van der Waals surface area contributed by atoms with Crippen molar-refractivity contribution in [1.29, 1.82) is 0 Å². The lowest BCUT2D eigenvalue weighted by Crippen LogP contribution is -2.59. The Morgan fingerprint density at radius 2 is 1.29 bits per heavy atom. The normalized spacial score (nSPS) is 24.4. The number of unbranched alkanes of at least 4 members (excludes halogenated alkanes) is 13. The van der Waals surface area contributed by atoms with Gasteiger partial charge < -0.3 is 39.4 Å². The number of aliphatic hydroxyl groups excluding tert-OH is 4. The molecule has 6 unspecified atom stereocenters. The molecule has 4 N–H and O–H groups in total. The second-order valence-electron chi connectivity index (χ2n) is 10.6. The van der Waals surface area contributed by atoms with Crippen LogP contribution in [0.1, 0.15) is 117 Å². The Hall–Kier alpha value is -0.810. The van der Waals surface area contributed by atoms with Crippen LogP contribution in [0.2, 0.25) is 0 Å². The van der Waals surface area contributed by atoms with E-state index in [0.29, 0.717) is 13.0 Å². The standard InChI is InChI=1S/C29H56O9/c1-3-5-7-9-10-11-12-13-14-15-17-19-35-21-23(37-25(31)18-16-8-6-4-2)22-36-29-28(34)27(33)26(32)24(20-30)38-29/h23-24,26-30,32-34H,3-22H2,1-2H3. The highest BCUT2D eigenvalue weighted by molar-refractivity contribution is 5.69. The minimum absolute atomic E-state index is 0.109. The third kappa shape index (κ3) is 15.7. The summed E-state index contributed by atoms with van der Waals surface area (Å²) in [7, 11) is 0. The topological polar surface area (TPSA) is 135 Å². The van der Waals surface area contributed by atoms with Crippen LogP contribution in [-0.2, 0) is 23.7 Å². The monoisotopic (exact) mass is 548 g/mol. The van der Waals surface area contributed by atoms with E-state index in [1.165, 1.54) is 57.8 Å². The van der Waals surface area contributed by atoms with Crippen LogP contribution in [0, 0.1) is 0 Å². The molecule has 0 bridgehead atoms. The summed E-state index contributed by atoms with van der Waals surface area (Å²) in [6, 6.07) is 0. The number of ether oxygens (including phenoxy) is 4. The molecule has 1 fully saturated rings. The van der Waals surface area contributed by atoms with E-state index in [-0.39, 0.29) is 19.2 Å². The van der Waals surface area contributed by atoms with Crippen LogP contribution in [0.5, 0.6) is 0 Å². The molecule has 9 heteroatoms. The zero-order valence-electron chi connectivity index (χ0n) is 23.9. The molecule has 226 valence electrons. The van der Waals surface area contributed by atoms with Crippen molar-refractivity contribution in [3.05, 3.63) is 0 Å². The molecule has 0 saturated carbocycles. The molecule has 1 heterocycles. The van der Waals surface area contributed by atoms with Gasteiger partial charge in [0.2, 0.25) is 0 Å². The van der Waals surface area contributed by atoms with Gasteiger partial charge in [0.05, 0.1) is 19.8 Å². The van der Waals surface area contributed by atoms with Crippen molar-refractivity contribution >= 4 is 5.97 Å². The Kier molecular flexibility index (Phi) is 21.3. The fraction of sp³-hybridized carbons (Fsp3) is 0.966. The highest BCUT2D eigenvalue weighted by atomic mass is 16.7. The highest BCUT2D eigenvalue weighted by Crippen LogP contribution is 2.22. The van der Waals surface area contributed by atoms with Gasteiger partial charge in [0, 0.05) is 13.0 Å². The molecule has 1 rings (SSSR count). The van der Waals surface area contributed by atoms with Gasteiger partial charge in [-0.3, -0.25) is 4.79 Å². The fourth-order valence-electron chi connectivity index (χ4n) is 4.55. The molecular weight excluding hydrogens is 492 g/mol. The van der Waals surface area contributed by atoms with Crippen LogP contribution in [0.25, 0.3) is 0 Å². The molecule has 0 radical (unpaired) electrons. The van der Waals surface area contributed by atoms with Crippen molar-refractivity contribution in [2.45, 2.75) is 153 Å². The third-order valence-electron chi connectivity index (χ3n) is 7.02. The summed E-state index contributed by atoms with van der Waals surface area (Å²) in [5.41, 5.74) is 0. The molecular formula is C29H56O9. The zero-order chi connectivity index (χ0) is 28.0. The molecule has 0 aliphatic carbocycles. The number of hydrogen-bond acceptors (Lipinski definition) is 9. The average Bonchev–Trinajstić information content (AvgIpc) is 2.91. The summed E-state index contributed by atoms with van der Waals surface area (Å²) in [5, 5.41) is 39.5. The van der Waals surface area contributed by atoms with Gasteiger partial charge in [-0.25, -0.2) is 0 Å². The Labute approximate surface area is 230 Å². The lowest BCUT2D eigenvalue weighted by Gasteiger charge is -2.39. The zero-order valence-corrected chi connectivity index (χ0v) is 23.9. The minimum Gasteiger partial charge on any atom is -0.457 e. The number of esters is 1. The van der Waals surface area contributed by atoms with Crippen LogP contribution in [0.4, 0.5) is 0 Å². The molecule has 1 aliphatic heterocycles. The van der Waals surface area contributed by atoms with Crippen molar-refractivity contribution in [3.8, 4) is 0 Å². The smallest absolute Gasteiger partial charge is 0.306 e. The summed E-state index contributed by atoms with van der Waals surface area (Å²) >= 11 is 0. The molecule has 0 aromatic rings. The molecule has 0 spiro atoms. The SMILES string of the molecule is CCCCCCCCCCCCCOCC(COC1OC(CO)C(O)C(O)C1O)OC(=O)CCCCCC. The van der Waals surface area contributed by atoms with Crippen LogP contribution < -0.4 is 0 Å². The summed E-state index contributed by atoms with van der Waals surface area (Å²) in [6.45, 7) is 4.41. The van der Waals surface area contributed by atoms with Crippen LogP contribution in [0.15, 0.2) is 0 Å². The van der Waals surface area contributed by atoms with Gasteiger partial charge in [0.1, 0.15) is 30.5 Å². The summed E-state index contributed by atoms with van der Waals surface area (Å²) < 4.78 is 22.3. The van der Waals surface area contributed by atoms with Gasteiger partial charge in [-0.15, -0.1) is 0 Å². The van der Waals surface area contributed by atoms with Gasteiger partial charge in [0.25, 0.3) is 0 Å². The van der Waals surface area contributed by atoms with E-state index in [9.17, 15) is 25.2 Å². The molecule has 1 saturated heterocycles. The predicted octanol–water partition coefficient (Wildman–Crippen LogP) is 4.01. The number of carbonyl (C=O) groups excluding carboxylic acids is 1. The third-order valence-corrected chi connectivity index (χ3v) is 7.02. The Bertz CT molecular complexity index is 560. The van der Waals surface area contributed by atoms with Crippen molar-refractivity contribution in [2.75, 3.05) is 26.4 Å². The van der Waals surface area contributed by atoms with E-state index >= 15 is 0 Å². The first-order chi connectivity index (χ1) is 18.4. The Balaban J connectivity index is 2.35. The maximum atomic E-state index is 12.3. The van der Waals surface area contributed by atoms with Crippen molar-refractivity contribution in [2.24, 2.45) is 0 Å². The second kappa shape index (κ2) is 22.9. The first kappa shape index (κ1) is 35.2. The van der Waals surface area contributed by atoms with E-state index in [0.717, 1.165) is 38.5 Å². The maximum Gasteiger partial charge on any atom is 0.306 e. The van der Waals surface area contributed by atoms with Crippen LogP contribution >= 0.6 is 0 Å². The largest absolute Gasteiger partial charge is 0.457 e. The highest BCUT2D eigenvalue weighted by Gasteiger charge is 2.44. The van der Waals surface area contributed by atoms with E-state index in [4.69, 9.17) is 18.9 Å². The number of hydrogen-bond donors (Lipinski definition) is 4. The number of rotatable bonds is 24. The van der Waals surface area contributed by atoms with Gasteiger partial charge in [0.15, 0.2) is 6.29 Å². The molecule has 0 amide bonds. The van der Waals surface area contributed by atoms with Crippen molar-refractivity contribution in [1.82, 2.24) is 0 Å². The second-order valence-corrected chi connectivity index (χ2v) is 10.6.